The third kappa shape index (κ3) is 6.55. The first-order valence-electron chi connectivity index (χ1n) is 11.6. The molecule has 3 aromatic rings. The van der Waals surface area contributed by atoms with Crippen LogP contribution in [0.2, 0.25) is 0 Å². The van der Waals surface area contributed by atoms with Crippen molar-refractivity contribution in [1.29, 1.82) is 0 Å². The molecule has 9 nitrogen and oxygen atoms in total. The molecule has 0 saturated carbocycles. The van der Waals surface area contributed by atoms with Crippen molar-refractivity contribution in [2.45, 2.75) is 53.0 Å². The van der Waals surface area contributed by atoms with E-state index in [4.69, 9.17) is 17.3 Å². The van der Waals surface area contributed by atoms with Crippen molar-refractivity contribution in [3.8, 4) is 0 Å². The summed E-state index contributed by atoms with van der Waals surface area (Å²) < 4.78 is 0. The molecule has 0 saturated heterocycles. The highest BCUT2D eigenvalue weighted by Crippen LogP contribution is 2.27. The zero-order chi connectivity index (χ0) is 25.3. The van der Waals surface area contributed by atoms with Crippen molar-refractivity contribution in [2.24, 2.45) is 11.6 Å². The fraction of sp³-hybridized carbons (Fsp3) is 0.400. The Kier molecular flexibility index (Phi) is 9.58. The van der Waals surface area contributed by atoms with Gasteiger partial charge in [0.15, 0.2) is 0 Å². The SMILES string of the molecule is CCCC.CCN(N)/C(=C\N)c1cc2cc(Nc3cc(C(C)(C)NC)ccn3)ncc2c(N)n1. The molecule has 3 rings (SSSR count). The molecule has 0 aliphatic heterocycles. The van der Waals surface area contributed by atoms with Gasteiger partial charge in [0.2, 0.25) is 0 Å². The van der Waals surface area contributed by atoms with Crippen molar-refractivity contribution >= 4 is 33.9 Å². The van der Waals surface area contributed by atoms with Gasteiger partial charge in [0.1, 0.15) is 17.5 Å². The lowest BCUT2D eigenvalue weighted by Crippen LogP contribution is -2.33. The van der Waals surface area contributed by atoms with Crippen LogP contribution in [0, 0.1) is 0 Å². The van der Waals surface area contributed by atoms with Gasteiger partial charge in [-0.25, -0.2) is 20.8 Å². The summed E-state index contributed by atoms with van der Waals surface area (Å²) in [6.07, 6.45) is 7.53. The van der Waals surface area contributed by atoms with Gasteiger partial charge >= 0.3 is 0 Å². The Hall–Kier alpha value is -3.43. The van der Waals surface area contributed by atoms with E-state index in [0.717, 1.165) is 16.3 Å². The second-order valence-electron chi connectivity index (χ2n) is 8.45. The molecule has 0 atom stereocenters. The number of anilines is 3. The highest BCUT2D eigenvalue weighted by molar-refractivity contribution is 5.93. The molecule has 0 spiro atoms. The molecule has 3 heterocycles. The Morgan fingerprint density at radius 1 is 1.09 bits per heavy atom. The average Bonchev–Trinajstić information content (AvgIpc) is 2.84. The normalized spacial score (nSPS) is 11.7. The summed E-state index contributed by atoms with van der Waals surface area (Å²) >= 11 is 0. The smallest absolute Gasteiger partial charge is 0.133 e. The number of nitrogens with two attached hydrogens (primary N) is 3. The van der Waals surface area contributed by atoms with Gasteiger partial charge in [0.05, 0.1) is 11.4 Å². The van der Waals surface area contributed by atoms with E-state index in [2.05, 4.69) is 53.3 Å². The molecule has 0 unspecified atom stereocenters. The summed E-state index contributed by atoms with van der Waals surface area (Å²) in [6, 6.07) is 7.77. The predicted molar refractivity (Wildman–Crippen MR) is 143 cm³/mol. The van der Waals surface area contributed by atoms with Gasteiger partial charge in [0.25, 0.3) is 0 Å². The van der Waals surface area contributed by atoms with Crippen LogP contribution in [0.4, 0.5) is 17.5 Å². The molecule has 3 aromatic heterocycles. The molecule has 0 aliphatic rings. The van der Waals surface area contributed by atoms with E-state index in [1.54, 1.807) is 12.4 Å². The zero-order valence-corrected chi connectivity index (χ0v) is 21.2. The molecule has 0 fully saturated rings. The summed E-state index contributed by atoms with van der Waals surface area (Å²) in [5.74, 6) is 7.72. The van der Waals surface area contributed by atoms with Crippen LogP contribution in [0.25, 0.3) is 16.5 Å². The Labute approximate surface area is 202 Å². The van der Waals surface area contributed by atoms with E-state index in [0.29, 0.717) is 35.4 Å². The van der Waals surface area contributed by atoms with Crippen LogP contribution in [-0.2, 0) is 5.54 Å². The van der Waals surface area contributed by atoms with Gasteiger partial charge in [-0.1, -0.05) is 26.7 Å². The molecule has 0 bridgehead atoms. The minimum absolute atomic E-state index is 0.177. The molecule has 0 amide bonds. The molecule has 9 heteroatoms. The number of aromatic nitrogens is 3. The van der Waals surface area contributed by atoms with Crippen LogP contribution in [0.1, 0.15) is 58.7 Å². The quantitative estimate of drug-likeness (QED) is 0.245. The fourth-order valence-corrected chi connectivity index (χ4v) is 3.04. The van der Waals surface area contributed by atoms with Crippen LogP contribution in [0.15, 0.2) is 42.9 Å². The van der Waals surface area contributed by atoms with Gasteiger partial charge in [-0.3, -0.25) is 0 Å². The first-order valence-corrected chi connectivity index (χ1v) is 11.6. The van der Waals surface area contributed by atoms with Gasteiger partial charge in [-0.05, 0) is 63.0 Å². The molecule has 34 heavy (non-hydrogen) atoms. The number of hydrogen-bond acceptors (Lipinski definition) is 9. The number of nitrogens with one attached hydrogen (secondary N) is 2. The molecule has 0 aliphatic carbocycles. The monoisotopic (exact) mass is 465 g/mol. The van der Waals surface area contributed by atoms with E-state index in [1.807, 2.05) is 38.2 Å². The standard InChI is InChI=1S/C21H29N9.C4H10/c1-5-30(24)17(11-22)16-8-13-9-18(27-12-15(13)20(23)28-16)29-19-10-14(6-7-26-19)21(2,3)25-4;1-3-4-2/h6-12,25H,5,22,24H2,1-4H3,(H2,23,28)(H,26,27,29);3-4H2,1-2H3/b17-11-;. The Morgan fingerprint density at radius 2 is 1.76 bits per heavy atom. The van der Waals surface area contributed by atoms with E-state index in [-0.39, 0.29) is 5.54 Å². The third-order valence-electron chi connectivity index (χ3n) is 5.68. The zero-order valence-electron chi connectivity index (χ0n) is 21.2. The lowest BCUT2D eigenvalue weighted by Gasteiger charge is -2.24. The maximum atomic E-state index is 6.16. The number of nitrogens with zero attached hydrogens (tertiary/aromatic N) is 4. The van der Waals surface area contributed by atoms with Crippen molar-refractivity contribution in [3.05, 3.63) is 54.1 Å². The van der Waals surface area contributed by atoms with Crippen LogP contribution in [0.3, 0.4) is 0 Å². The number of pyridine rings is 3. The van der Waals surface area contributed by atoms with Crippen LogP contribution >= 0.6 is 0 Å². The van der Waals surface area contributed by atoms with Gasteiger partial charge in [0, 0.05) is 36.1 Å². The molecular formula is C25H39N9. The Balaban J connectivity index is 0.000000945. The lowest BCUT2D eigenvalue weighted by molar-refractivity contribution is 0.438. The maximum Gasteiger partial charge on any atom is 0.133 e. The number of hydrogen-bond donors (Lipinski definition) is 5. The van der Waals surface area contributed by atoms with E-state index in [1.165, 1.54) is 24.1 Å². The number of rotatable bonds is 8. The second kappa shape index (κ2) is 12.2. The minimum atomic E-state index is -0.177. The minimum Gasteiger partial charge on any atom is -0.403 e. The number of hydrazine groups is 1. The number of nitrogen functional groups attached to an aromatic ring is 1. The van der Waals surface area contributed by atoms with E-state index in [9.17, 15) is 0 Å². The highest BCUT2D eigenvalue weighted by atomic mass is 15.4. The molecule has 8 N–H and O–H groups in total. The van der Waals surface area contributed by atoms with Crippen LogP contribution < -0.4 is 27.9 Å². The largest absolute Gasteiger partial charge is 0.403 e. The Bertz CT molecular complexity index is 1110. The van der Waals surface area contributed by atoms with Crippen molar-refractivity contribution in [2.75, 3.05) is 24.6 Å². The Morgan fingerprint density at radius 3 is 2.35 bits per heavy atom. The number of fused-ring (bicyclic) bond motifs is 1. The van der Waals surface area contributed by atoms with E-state index >= 15 is 0 Å². The van der Waals surface area contributed by atoms with Gasteiger partial charge < -0.3 is 27.1 Å². The highest BCUT2D eigenvalue weighted by Gasteiger charge is 2.18. The molecular weight excluding hydrogens is 426 g/mol. The van der Waals surface area contributed by atoms with Crippen molar-refractivity contribution in [3.63, 3.8) is 0 Å². The summed E-state index contributed by atoms with van der Waals surface area (Å²) in [7, 11) is 1.93. The van der Waals surface area contributed by atoms with Crippen LogP contribution in [-0.4, -0.2) is 33.6 Å². The fourth-order valence-electron chi connectivity index (χ4n) is 3.04. The topological polar surface area (TPSA) is 144 Å². The lowest BCUT2D eigenvalue weighted by atomic mass is 9.95. The number of unbranched alkanes of at least 4 members (excludes halogenated alkanes) is 1. The molecule has 0 radical (unpaired) electrons. The maximum absolute atomic E-state index is 6.16. The summed E-state index contributed by atoms with van der Waals surface area (Å²) in [4.78, 5) is 13.3. The van der Waals surface area contributed by atoms with Crippen LogP contribution in [0.5, 0.6) is 0 Å². The summed E-state index contributed by atoms with van der Waals surface area (Å²) in [6.45, 7) is 11.1. The van der Waals surface area contributed by atoms with E-state index < -0.39 is 0 Å². The second-order valence-corrected chi connectivity index (χ2v) is 8.45. The third-order valence-corrected chi connectivity index (χ3v) is 5.68. The first kappa shape index (κ1) is 26.8. The van der Waals surface area contributed by atoms with Gasteiger partial charge in [-0.15, -0.1) is 0 Å². The van der Waals surface area contributed by atoms with Crippen molar-refractivity contribution < 1.29 is 0 Å². The van der Waals surface area contributed by atoms with Gasteiger partial charge in [-0.2, -0.15) is 0 Å². The first-order chi connectivity index (χ1) is 16.2. The molecule has 0 aromatic carbocycles. The summed E-state index contributed by atoms with van der Waals surface area (Å²) in [5.41, 5.74) is 14.1. The summed E-state index contributed by atoms with van der Waals surface area (Å²) in [5, 5.41) is 9.69. The predicted octanol–water partition coefficient (Wildman–Crippen LogP) is 4.06. The average molecular weight is 466 g/mol. The molecule has 184 valence electrons. The van der Waals surface area contributed by atoms with Crippen molar-refractivity contribution in [1.82, 2.24) is 25.3 Å².